The number of hydrogen-bond donors (Lipinski definition) is 1. The summed E-state index contributed by atoms with van der Waals surface area (Å²) in [6.07, 6.45) is 0.754. The number of aliphatic hydroxyl groups is 1. The van der Waals surface area contributed by atoms with Crippen molar-refractivity contribution < 1.29 is 14.6 Å². The van der Waals surface area contributed by atoms with E-state index in [1.165, 1.54) is 0 Å². The van der Waals surface area contributed by atoms with Crippen molar-refractivity contribution in [3.8, 4) is 5.75 Å². The molecule has 0 saturated heterocycles. The summed E-state index contributed by atoms with van der Waals surface area (Å²) in [5.74, 6) is 0.504. The second-order valence-corrected chi connectivity index (χ2v) is 6.10. The molecule has 0 fully saturated rings. The molecule has 110 valence electrons. The zero-order chi connectivity index (χ0) is 15.5. The first-order valence-corrected chi connectivity index (χ1v) is 7.39. The second-order valence-electron chi connectivity index (χ2n) is 5.19. The van der Waals surface area contributed by atoms with Crippen molar-refractivity contribution in [2.75, 3.05) is 6.61 Å². The molecule has 1 atom stereocenters. The van der Waals surface area contributed by atoms with Crippen molar-refractivity contribution in [3.63, 3.8) is 0 Å². The highest BCUT2D eigenvalue weighted by Gasteiger charge is 2.24. The zero-order valence-electron chi connectivity index (χ0n) is 12.0. The Morgan fingerprint density at radius 3 is 2.57 bits per heavy atom. The maximum Gasteiger partial charge on any atom is 0.153 e. The van der Waals surface area contributed by atoms with Gasteiger partial charge in [0, 0.05) is 4.47 Å². The molecule has 0 amide bonds. The van der Waals surface area contributed by atoms with Gasteiger partial charge in [0.2, 0.25) is 0 Å². The van der Waals surface area contributed by atoms with Gasteiger partial charge in [0.15, 0.2) is 6.29 Å². The van der Waals surface area contributed by atoms with Crippen LogP contribution in [0.25, 0.3) is 0 Å². The van der Waals surface area contributed by atoms with Crippen LogP contribution in [0.15, 0.2) is 46.9 Å². The molecule has 2 aromatic carbocycles. The molecular weight excluding hydrogens is 332 g/mol. The minimum Gasteiger partial charge on any atom is -0.489 e. The fraction of sp³-hybridized carbons (Fsp3) is 0.235. The van der Waals surface area contributed by atoms with Crippen LogP contribution in [0.2, 0.25) is 0 Å². The van der Waals surface area contributed by atoms with Gasteiger partial charge in [-0.25, -0.2) is 0 Å². The standard InChI is InChI=1S/C17H17BrO3/c1-12-8-15(18)9-13(10-19)16(12)21-11-17(2,20)14-6-4-3-5-7-14/h3-10,20H,11H2,1-2H3. The van der Waals surface area contributed by atoms with E-state index >= 15 is 0 Å². The molecule has 3 nitrogen and oxygen atoms in total. The van der Waals surface area contributed by atoms with Crippen LogP contribution in [0, 0.1) is 6.92 Å². The van der Waals surface area contributed by atoms with Gasteiger partial charge < -0.3 is 9.84 Å². The predicted molar refractivity (Wildman–Crippen MR) is 85.8 cm³/mol. The van der Waals surface area contributed by atoms with Gasteiger partial charge in [-0.05, 0) is 37.1 Å². The Morgan fingerprint density at radius 2 is 1.95 bits per heavy atom. The first-order valence-electron chi connectivity index (χ1n) is 6.60. The quantitative estimate of drug-likeness (QED) is 0.834. The summed E-state index contributed by atoms with van der Waals surface area (Å²) in [5.41, 5.74) is 0.953. The van der Waals surface area contributed by atoms with E-state index in [-0.39, 0.29) is 6.61 Å². The summed E-state index contributed by atoms with van der Waals surface area (Å²) in [6, 6.07) is 12.9. The van der Waals surface area contributed by atoms with Crippen molar-refractivity contribution in [2.45, 2.75) is 19.4 Å². The Morgan fingerprint density at radius 1 is 1.29 bits per heavy atom. The van der Waals surface area contributed by atoms with E-state index in [2.05, 4.69) is 15.9 Å². The Kier molecular flexibility index (Phi) is 4.80. The smallest absolute Gasteiger partial charge is 0.153 e. The number of carbonyl (C=O) groups excluding carboxylic acids is 1. The molecule has 0 aliphatic rings. The number of rotatable bonds is 5. The molecule has 0 aliphatic heterocycles. The fourth-order valence-corrected chi connectivity index (χ4v) is 2.72. The molecule has 0 spiro atoms. The van der Waals surface area contributed by atoms with E-state index in [4.69, 9.17) is 4.74 Å². The third kappa shape index (κ3) is 3.71. The Balaban J connectivity index is 2.22. The average Bonchev–Trinajstić information content (AvgIpc) is 2.46. The summed E-state index contributed by atoms with van der Waals surface area (Å²) in [6.45, 7) is 3.63. The number of carbonyl (C=O) groups is 1. The Bertz CT molecular complexity index is 636. The topological polar surface area (TPSA) is 46.5 Å². The zero-order valence-corrected chi connectivity index (χ0v) is 13.6. The monoisotopic (exact) mass is 348 g/mol. The normalized spacial score (nSPS) is 13.5. The van der Waals surface area contributed by atoms with Gasteiger partial charge in [-0.2, -0.15) is 0 Å². The molecular formula is C17H17BrO3. The van der Waals surface area contributed by atoms with Gasteiger partial charge in [-0.1, -0.05) is 46.3 Å². The molecule has 1 unspecified atom stereocenters. The maximum atomic E-state index is 11.2. The van der Waals surface area contributed by atoms with Crippen molar-refractivity contribution >= 4 is 22.2 Å². The van der Waals surface area contributed by atoms with E-state index in [1.807, 2.05) is 43.3 Å². The number of halogens is 1. The van der Waals surface area contributed by atoms with Crippen LogP contribution in [0.4, 0.5) is 0 Å². The molecule has 21 heavy (non-hydrogen) atoms. The first kappa shape index (κ1) is 15.7. The Hall–Kier alpha value is -1.65. The summed E-state index contributed by atoms with van der Waals surface area (Å²) in [7, 11) is 0. The molecule has 1 N–H and O–H groups in total. The van der Waals surface area contributed by atoms with Crippen LogP contribution < -0.4 is 4.74 Å². The first-order chi connectivity index (χ1) is 9.94. The Labute approximate surface area is 132 Å². The van der Waals surface area contributed by atoms with Crippen LogP contribution >= 0.6 is 15.9 Å². The highest BCUT2D eigenvalue weighted by atomic mass is 79.9. The molecule has 0 aliphatic carbocycles. The van der Waals surface area contributed by atoms with Crippen LogP contribution in [0.3, 0.4) is 0 Å². The van der Waals surface area contributed by atoms with Crippen molar-refractivity contribution in [2.24, 2.45) is 0 Å². The summed E-state index contributed by atoms with van der Waals surface area (Å²) in [5, 5.41) is 10.5. The minimum absolute atomic E-state index is 0.0698. The van der Waals surface area contributed by atoms with Crippen molar-refractivity contribution in [3.05, 3.63) is 63.6 Å². The molecule has 0 aromatic heterocycles. The van der Waals surface area contributed by atoms with Crippen LogP contribution in [-0.4, -0.2) is 18.0 Å². The molecule has 2 aromatic rings. The largest absolute Gasteiger partial charge is 0.489 e. The van der Waals surface area contributed by atoms with Gasteiger partial charge in [0.1, 0.15) is 18.0 Å². The lowest BCUT2D eigenvalue weighted by Crippen LogP contribution is -2.29. The van der Waals surface area contributed by atoms with E-state index in [0.717, 1.165) is 21.9 Å². The third-order valence-electron chi connectivity index (χ3n) is 3.29. The van der Waals surface area contributed by atoms with E-state index in [9.17, 15) is 9.90 Å². The van der Waals surface area contributed by atoms with Crippen molar-refractivity contribution in [1.29, 1.82) is 0 Å². The number of aryl methyl sites for hydroxylation is 1. The SMILES string of the molecule is Cc1cc(Br)cc(C=O)c1OCC(C)(O)c1ccccc1. The van der Waals surface area contributed by atoms with Crippen LogP contribution in [0.5, 0.6) is 5.75 Å². The molecule has 0 radical (unpaired) electrons. The minimum atomic E-state index is -1.12. The highest BCUT2D eigenvalue weighted by molar-refractivity contribution is 9.10. The van der Waals surface area contributed by atoms with Gasteiger partial charge >= 0.3 is 0 Å². The van der Waals surface area contributed by atoms with Gasteiger partial charge in [0.05, 0.1) is 5.56 Å². The summed E-state index contributed by atoms with van der Waals surface area (Å²) >= 11 is 3.35. The molecule has 4 heteroatoms. The number of ether oxygens (including phenoxy) is 1. The predicted octanol–water partition coefficient (Wildman–Crippen LogP) is 3.86. The van der Waals surface area contributed by atoms with E-state index in [1.54, 1.807) is 13.0 Å². The molecule has 0 heterocycles. The average molecular weight is 349 g/mol. The summed E-state index contributed by atoms with van der Waals surface area (Å²) < 4.78 is 6.55. The summed E-state index contributed by atoms with van der Waals surface area (Å²) in [4.78, 5) is 11.2. The van der Waals surface area contributed by atoms with Crippen molar-refractivity contribution in [1.82, 2.24) is 0 Å². The lowest BCUT2D eigenvalue weighted by atomic mass is 9.97. The van der Waals surface area contributed by atoms with E-state index < -0.39 is 5.60 Å². The lowest BCUT2D eigenvalue weighted by Gasteiger charge is -2.25. The van der Waals surface area contributed by atoms with E-state index in [0.29, 0.717) is 11.3 Å². The van der Waals surface area contributed by atoms with Gasteiger partial charge in [-0.15, -0.1) is 0 Å². The van der Waals surface area contributed by atoms with Gasteiger partial charge in [-0.3, -0.25) is 4.79 Å². The van der Waals surface area contributed by atoms with Crippen LogP contribution in [0.1, 0.15) is 28.4 Å². The van der Waals surface area contributed by atoms with Gasteiger partial charge in [0.25, 0.3) is 0 Å². The fourth-order valence-electron chi connectivity index (χ4n) is 2.13. The lowest BCUT2D eigenvalue weighted by molar-refractivity contribution is 0.00718. The molecule has 0 bridgehead atoms. The number of hydrogen-bond acceptors (Lipinski definition) is 3. The third-order valence-corrected chi connectivity index (χ3v) is 3.75. The van der Waals surface area contributed by atoms with Crippen LogP contribution in [-0.2, 0) is 5.60 Å². The molecule has 2 rings (SSSR count). The maximum absolute atomic E-state index is 11.2. The number of aldehydes is 1. The highest BCUT2D eigenvalue weighted by Crippen LogP contribution is 2.29. The number of benzene rings is 2. The molecule has 0 saturated carbocycles. The second kappa shape index (κ2) is 6.41.